The van der Waals surface area contributed by atoms with Crippen molar-refractivity contribution in [2.24, 2.45) is 0 Å². The molecule has 2 aliphatic rings. The molecule has 0 amide bonds. The number of carbonyl (C=O) groups is 2. The maximum atomic E-state index is 12.3. The van der Waals surface area contributed by atoms with Crippen LogP contribution in [-0.4, -0.2) is 25.7 Å². The number of Topliss-reactive ketones (excluding diaryl/α,β-unsaturated/α-hetero) is 1. The molecule has 0 radical (unpaired) electrons. The van der Waals surface area contributed by atoms with Crippen LogP contribution in [0.3, 0.4) is 0 Å². The topological polar surface area (TPSA) is 84.9 Å². The Labute approximate surface area is 136 Å². The van der Waals surface area contributed by atoms with Crippen LogP contribution in [0.1, 0.15) is 15.9 Å². The molecule has 6 nitrogen and oxygen atoms in total. The standard InChI is InChI=1S/C13H10O6S.Li/c1-17-13(16)10(15)12-9(14)6-2-3-8-11(19-5-18-8)7(6)4-20-12;/h2-3,15H,4-5H2,1H3;/q;+1/p-1/b12-10+;. The van der Waals surface area contributed by atoms with Crippen LogP contribution in [0.2, 0.25) is 0 Å². The Morgan fingerprint density at radius 2 is 2.14 bits per heavy atom. The van der Waals surface area contributed by atoms with E-state index in [4.69, 9.17) is 9.47 Å². The molecule has 2 heterocycles. The van der Waals surface area contributed by atoms with E-state index in [0.717, 1.165) is 18.9 Å². The van der Waals surface area contributed by atoms with Crippen LogP contribution in [0.5, 0.6) is 11.5 Å². The van der Waals surface area contributed by atoms with Gasteiger partial charge in [0.05, 0.1) is 12.0 Å². The number of thioether (sulfide) groups is 1. The van der Waals surface area contributed by atoms with Gasteiger partial charge in [-0.25, -0.2) is 4.79 Å². The zero-order valence-electron chi connectivity index (χ0n) is 11.4. The number of carbonyl (C=O) groups excluding carboxylic acids is 2. The van der Waals surface area contributed by atoms with Crippen molar-refractivity contribution < 1.29 is 47.8 Å². The number of ketones is 1. The fourth-order valence-electron chi connectivity index (χ4n) is 2.07. The van der Waals surface area contributed by atoms with E-state index in [1.165, 1.54) is 0 Å². The molecule has 0 aliphatic carbocycles. The van der Waals surface area contributed by atoms with Crippen LogP contribution in [-0.2, 0) is 15.3 Å². The molecular weight excluding hydrogens is 291 g/mol. The molecule has 0 unspecified atom stereocenters. The third-order valence-electron chi connectivity index (χ3n) is 3.03. The van der Waals surface area contributed by atoms with E-state index >= 15 is 0 Å². The van der Waals surface area contributed by atoms with Gasteiger partial charge in [0.15, 0.2) is 17.3 Å². The summed E-state index contributed by atoms with van der Waals surface area (Å²) < 4.78 is 14.9. The molecule has 1 aromatic carbocycles. The van der Waals surface area contributed by atoms with Crippen molar-refractivity contribution in [2.45, 2.75) is 5.75 Å². The predicted molar refractivity (Wildman–Crippen MR) is 67.2 cm³/mol. The minimum absolute atomic E-state index is 0. The molecule has 104 valence electrons. The molecule has 2 aliphatic heterocycles. The molecular formula is C13H9LiO6S. The van der Waals surface area contributed by atoms with Crippen molar-refractivity contribution in [3.8, 4) is 11.5 Å². The van der Waals surface area contributed by atoms with Gasteiger partial charge >= 0.3 is 24.8 Å². The van der Waals surface area contributed by atoms with Gasteiger partial charge in [0, 0.05) is 16.9 Å². The minimum Gasteiger partial charge on any atom is -0.867 e. The quantitative estimate of drug-likeness (QED) is 0.247. The van der Waals surface area contributed by atoms with Crippen LogP contribution in [0, 0.1) is 0 Å². The Kier molecular flexibility index (Phi) is 4.57. The van der Waals surface area contributed by atoms with E-state index < -0.39 is 17.5 Å². The first kappa shape index (κ1) is 15.8. The van der Waals surface area contributed by atoms with Crippen LogP contribution < -0.4 is 33.4 Å². The van der Waals surface area contributed by atoms with E-state index in [1.54, 1.807) is 12.1 Å². The van der Waals surface area contributed by atoms with E-state index in [-0.39, 0.29) is 30.6 Å². The van der Waals surface area contributed by atoms with E-state index in [0.29, 0.717) is 28.4 Å². The van der Waals surface area contributed by atoms with Gasteiger partial charge in [-0.3, -0.25) is 4.79 Å². The molecule has 0 atom stereocenters. The fourth-order valence-corrected chi connectivity index (χ4v) is 3.10. The van der Waals surface area contributed by atoms with Crippen molar-refractivity contribution in [2.75, 3.05) is 13.9 Å². The molecule has 21 heavy (non-hydrogen) atoms. The summed E-state index contributed by atoms with van der Waals surface area (Å²) in [5, 5.41) is 11.8. The van der Waals surface area contributed by atoms with Gasteiger partial charge in [0.25, 0.3) is 0 Å². The number of fused-ring (bicyclic) bond motifs is 3. The number of esters is 1. The molecule has 0 N–H and O–H groups in total. The average molecular weight is 300 g/mol. The Morgan fingerprint density at radius 1 is 1.38 bits per heavy atom. The maximum Gasteiger partial charge on any atom is 1.00 e. The van der Waals surface area contributed by atoms with E-state index in [9.17, 15) is 14.7 Å². The summed E-state index contributed by atoms with van der Waals surface area (Å²) in [6.45, 7) is 0.113. The van der Waals surface area contributed by atoms with Gasteiger partial charge in [-0.05, 0) is 17.9 Å². The van der Waals surface area contributed by atoms with E-state index in [1.807, 2.05) is 0 Å². The summed E-state index contributed by atoms with van der Waals surface area (Å²) in [6.07, 6.45) is 0. The van der Waals surface area contributed by atoms with Crippen molar-refractivity contribution in [3.63, 3.8) is 0 Å². The zero-order chi connectivity index (χ0) is 14.3. The molecule has 0 saturated heterocycles. The van der Waals surface area contributed by atoms with E-state index in [2.05, 4.69) is 4.74 Å². The number of allylic oxidation sites excluding steroid dienone is 1. The number of benzene rings is 1. The Morgan fingerprint density at radius 3 is 2.86 bits per heavy atom. The van der Waals surface area contributed by atoms with Gasteiger partial charge < -0.3 is 19.3 Å². The number of hydrogen-bond acceptors (Lipinski definition) is 7. The summed E-state index contributed by atoms with van der Waals surface area (Å²) >= 11 is 1.01. The third-order valence-corrected chi connectivity index (χ3v) is 4.12. The number of methoxy groups -OCH3 is 1. The van der Waals surface area contributed by atoms with Gasteiger partial charge in [0.1, 0.15) is 0 Å². The van der Waals surface area contributed by atoms with Gasteiger partial charge in [-0.15, -0.1) is 11.8 Å². The zero-order valence-corrected chi connectivity index (χ0v) is 12.2. The second kappa shape index (κ2) is 6.06. The fraction of sp³-hybridized carbons (Fsp3) is 0.231. The van der Waals surface area contributed by atoms with Crippen molar-refractivity contribution in [3.05, 3.63) is 33.9 Å². The second-order valence-corrected chi connectivity index (χ2v) is 5.08. The smallest absolute Gasteiger partial charge is 0.867 e. The summed E-state index contributed by atoms with van der Waals surface area (Å²) in [5.74, 6) is -0.945. The number of hydrogen-bond donors (Lipinski definition) is 0. The first-order chi connectivity index (χ1) is 9.63. The van der Waals surface area contributed by atoms with Crippen LogP contribution >= 0.6 is 11.8 Å². The monoisotopic (exact) mass is 300 g/mol. The number of rotatable bonds is 1. The SMILES string of the molecule is COC(=O)/C([O-])=C1\SCc2c(ccc3c2OCO3)C1=O.[Li+]. The number of ether oxygens (including phenoxy) is 3. The average Bonchev–Trinajstić information content (AvgIpc) is 2.94. The first-order valence-corrected chi connectivity index (χ1v) is 6.70. The van der Waals surface area contributed by atoms with Gasteiger partial charge in [-0.2, -0.15) is 0 Å². The largest absolute Gasteiger partial charge is 1.00 e. The summed E-state index contributed by atoms with van der Waals surface area (Å²) in [7, 11) is 1.10. The molecule has 0 fully saturated rings. The maximum absolute atomic E-state index is 12.3. The Balaban J connectivity index is 0.00000161. The molecule has 0 spiro atoms. The molecule has 0 bridgehead atoms. The minimum atomic E-state index is -1.04. The van der Waals surface area contributed by atoms with Crippen molar-refractivity contribution >= 4 is 23.5 Å². The molecule has 8 heteroatoms. The van der Waals surface area contributed by atoms with Crippen LogP contribution in [0.4, 0.5) is 0 Å². The van der Waals surface area contributed by atoms with Crippen LogP contribution in [0.15, 0.2) is 22.8 Å². The summed E-state index contributed by atoms with van der Waals surface area (Å²) in [6, 6.07) is 3.20. The predicted octanol–water partition coefficient (Wildman–Crippen LogP) is -2.41. The second-order valence-electron chi connectivity index (χ2n) is 4.09. The van der Waals surface area contributed by atoms with Gasteiger partial charge in [0.2, 0.25) is 6.79 Å². The normalized spacial score (nSPS) is 17.7. The van der Waals surface area contributed by atoms with Gasteiger partial charge in [-0.1, -0.05) is 0 Å². The van der Waals surface area contributed by atoms with Crippen LogP contribution in [0.25, 0.3) is 0 Å². The molecule has 3 rings (SSSR count). The molecule has 0 saturated carbocycles. The first-order valence-electron chi connectivity index (χ1n) is 5.72. The Hall–Kier alpha value is -1.55. The summed E-state index contributed by atoms with van der Waals surface area (Å²) in [5.41, 5.74) is 1.05. The molecule has 0 aromatic heterocycles. The summed E-state index contributed by atoms with van der Waals surface area (Å²) in [4.78, 5) is 23.4. The Bertz CT molecular complexity index is 654. The van der Waals surface area contributed by atoms with Crippen molar-refractivity contribution in [1.82, 2.24) is 0 Å². The van der Waals surface area contributed by atoms with Crippen molar-refractivity contribution in [1.29, 1.82) is 0 Å². The third kappa shape index (κ3) is 2.53. The molecule has 1 aromatic rings.